The van der Waals surface area contributed by atoms with Crippen LogP contribution in [0.5, 0.6) is 11.5 Å². The summed E-state index contributed by atoms with van der Waals surface area (Å²) in [4.78, 5) is 23.8. The third-order valence-corrected chi connectivity index (χ3v) is 3.65. The van der Waals surface area contributed by atoms with Gasteiger partial charge >= 0.3 is 5.97 Å². The first-order valence-corrected chi connectivity index (χ1v) is 7.71. The summed E-state index contributed by atoms with van der Waals surface area (Å²) >= 11 is 5.85. The van der Waals surface area contributed by atoms with Gasteiger partial charge in [0, 0.05) is 0 Å². The number of halogens is 2. The highest BCUT2D eigenvalue weighted by atomic mass is 35.5. The zero-order valence-electron chi connectivity index (χ0n) is 12.8. The number of anilines is 1. The van der Waals surface area contributed by atoms with E-state index in [0.717, 1.165) is 12.1 Å². The van der Waals surface area contributed by atoms with Gasteiger partial charge in [-0.05, 0) is 30.3 Å². The van der Waals surface area contributed by atoms with Crippen LogP contribution in [0.4, 0.5) is 10.1 Å². The Kier molecular flexibility index (Phi) is 5.04. The molecule has 0 radical (unpaired) electrons. The summed E-state index contributed by atoms with van der Waals surface area (Å²) in [7, 11) is 0. The molecule has 1 atom stereocenters. The number of para-hydroxylation sites is 2. The van der Waals surface area contributed by atoms with Gasteiger partial charge in [0.1, 0.15) is 12.4 Å². The SMILES string of the molecule is O=C(COC(=O)C1COc2ccccc2O1)Nc1cc(F)ccc1Cl. The van der Waals surface area contributed by atoms with Crippen LogP contribution in [0.3, 0.4) is 0 Å². The van der Waals surface area contributed by atoms with Crippen LogP contribution in [0.2, 0.25) is 5.02 Å². The molecule has 1 aliphatic rings. The molecule has 3 rings (SSSR count). The Morgan fingerprint density at radius 1 is 1.24 bits per heavy atom. The largest absolute Gasteiger partial charge is 0.485 e. The molecule has 2 aromatic carbocycles. The van der Waals surface area contributed by atoms with Gasteiger partial charge in [-0.25, -0.2) is 9.18 Å². The van der Waals surface area contributed by atoms with Crippen LogP contribution < -0.4 is 14.8 Å². The maximum atomic E-state index is 13.2. The maximum Gasteiger partial charge on any atom is 0.351 e. The molecule has 0 saturated heterocycles. The zero-order valence-corrected chi connectivity index (χ0v) is 13.6. The topological polar surface area (TPSA) is 73.9 Å². The molecular weight excluding hydrogens is 353 g/mol. The minimum atomic E-state index is -0.972. The highest BCUT2D eigenvalue weighted by molar-refractivity contribution is 6.33. The Labute approximate surface area is 147 Å². The van der Waals surface area contributed by atoms with E-state index in [1.807, 2.05) is 0 Å². The Morgan fingerprint density at radius 3 is 2.80 bits per heavy atom. The Balaban J connectivity index is 1.52. The number of amides is 1. The highest BCUT2D eigenvalue weighted by Crippen LogP contribution is 2.31. The van der Waals surface area contributed by atoms with Gasteiger partial charge in [-0.1, -0.05) is 23.7 Å². The lowest BCUT2D eigenvalue weighted by molar-refractivity contribution is -0.156. The number of rotatable bonds is 4. The second-order valence-electron chi connectivity index (χ2n) is 5.14. The van der Waals surface area contributed by atoms with Crippen molar-refractivity contribution in [2.24, 2.45) is 0 Å². The number of fused-ring (bicyclic) bond motifs is 1. The van der Waals surface area contributed by atoms with Crippen molar-refractivity contribution in [3.05, 3.63) is 53.3 Å². The Hall–Kier alpha value is -2.80. The summed E-state index contributed by atoms with van der Waals surface area (Å²) in [5.74, 6) is -0.993. The van der Waals surface area contributed by atoms with E-state index in [9.17, 15) is 14.0 Å². The molecule has 1 heterocycles. The summed E-state index contributed by atoms with van der Waals surface area (Å²) in [5.41, 5.74) is 0.0916. The minimum absolute atomic E-state index is 0.0206. The monoisotopic (exact) mass is 365 g/mol. The molecule has 6 nitrogen and oxygen atoms in total. The van der Waals surface area contributed by atoms with Crippen molar-refractivity contribution in [3.63, 3.8) is 0 Å². The van der Waals surface area contributed by atoms with E-state index in [1.165, 1.54) is 6.07 Å². The summed E-state index contributed by atoms with van der Waals surface area (Å²) in [6.45, 7) is -0.583. The number of esters is 1. The molecule has 0 saturated carbocycles. The molecule has 1 aliphatic heterocycles. The molecule has 0 aliphatic carbocycles. The van der Waals surface area contributed by atoms with E-state index in [-0.39, 0.29) is 17.3 Å². The average molecular weight is 366 g/mol. The van der Waals surface area contributed by atoms with Crippen LogP contribution in [0, 0.1) is 5.82 Å². The second-order valence-corrected chi connectivity index (χ2v) is 5.55. The molecule has 0 aromatic heterocycles. The summed E-state index contributed by atoms with van der Waals surface area (Å²) in [5, 5.41) is 2.53. The molecule has 0 spiro atoms. The molecule has 130 valence electrons. The van der Waals surface area contributed by atoms with Gasteiger partial charge in [0.15, 0.2) is 18.1 Å². The van der Waals surface area contributed by atoms with E-state index in [4.69, 9.17) is 25.8 Å². The van der Waals surface area contributed by atoms with Crippen LogP contribution in [-0.2, 0) is 14.3 Å². The lowest BCUT2D eigenvalue weighted by Gasteiger charge is -2.24. The van der Waals surface area contributed by atoms with Crippen LogP contribution in [0.25, 0.3) is 0 Å². The molecule has 25 heavy (non-hydrogen) atoms. The molecule has 2 aromatic rings. The number of carbonyl (C=O) groups excluding carboxylic acids is 2. The van der Waals surface area contributed by atoms with E-state index in [1.54, 1.807) is 24.3 Å². The number of ether oxygens (including phenoxy) is 3. The van der Waals surface area contributed by atoms with Crippen molar-refractivity contribution < 1.29 is 28.2 Å². The van der Waals surface area contributed by atoms with E-state index >= 15 is 0 Å². The lowest BCUT2D eigenvalue weighted by Crippen LogP contribution is -2.39. The third-order valence-electron chi connectivity index (χ3n) is 3.32. The first-order valence-electron chi connectivity index (χ1n) is 7.33. The number of carbonyl (C=O) groups is 2. The molecule has 8 heteroatoms. The third kappa shape index (κ3) is 4.19. The molecule has 1 amide bonds. The molecule has 1 unspecified atom stereocenters. The van der Waals surface area contributed by atoms with Crippen LogP contribution in [0.15, 0.2) is 42.5 Å². The standard InChI is InChI=1S/C17H13ClFNO5/c18-11-6-5-10(19)7-12(11)20-16(21)9-24-17(22)15-8-23-13-3-1-2-4-14(13)25-15/h1-7,15H,8-9H2,(H,20,21). The van der Waals surface area contributed by atoms with Gasteiger partial charge in [0.2, 0.25) is 6.10 Å². The fourth-order valence-electron chi connectivity index (χ4n) is 2.14. The van der Waals surface area contributed by atoms with Crippen LogP contribution >= 0.6 is 11.6 Å². The first kappa shape index (κ1) is 17.0. The second kappa shape index (κ2) is 7.40. The van der Waals surface area contributed by atoms with Crippen molar-refractivity contribution in [1.29, 1.82) is 0 Å². The Morgan fingerprint density at radius 2 is 2.00 bits per heavy atom. The van der Waals surface area contributed by atoms with Crippen LogP contribution in [-0.4, -0.2) is 31.2 Å². The fourth-order valence-corrected chi connectivity index (χ4v) is 2.31. The predicted molar refractivity (Wildman–Crippen MR) is 87.4 cm³/mol. The quantitative estimate of drug-likeness (QED) is 0.843. The van der Waals surface area contributed by atoms with Crippen molar-refractivity contribution in [2.75, 3.05) is 18.5 Å². The van der Waals surface area contributed by atoms with Crippen molar-refractivity contribution >= 4 is 29.2 Å². The number of nitrogens with one attached hydrogen (secondary N) is 1. The number of hydrogen-bond acceptors (Lipinski definition) is 5. The van der Waals surface area contributed by atoms with Crippen molar-refractivity contribution in [1.82, 2.24) is 0 Å². The predicted octanol–water partition coefficient (Wildman–Crippen LogP) is 2.80. The van der Waals surface area contributed by atoms with Gasteiger partial charge in [0.05, 0.1) is 10.7 Å². The first-order chi connectivity index (χ1) is 12.0. The van der Waals surface area contributed by atoms with Crippen molar-refractivity contribution in [2.45, 2.75) is 6.10 Å². The van der Waals surface area contributed by atoms with Crippen molar-refractivity contribution in [3.8, 4) is 11.5 Å². The fraction of sp³-hybridized carbons (Fsp3) is 0.176. The average Bonchev–Trinajstić information content (AvgIpc) is 2.62. The van der Waals surface area contributed by atoms with Gasteiger partial charge < -0.3 is 19.5 Å². The summed E-state index contributed by atoms with van der Waals surface area (Å²) in [6, 6.07) is 10.4. The summed E-state index contributed by atoms with van der Waals surface area (Å²) in [6.07, 6.45) is -0.972. The Bertz CT molecular complexity index is 813. The smallest absolute Gasteiger partial charge is 0.351 e. The van der Waals surface area contributed by atoms with E-state index in [2.05, 4.69) is 5.32 Å². The van der Waals surface area contributed by atoms with E-state index in [0.29, 0.717) is 11.5 Å². The van der Waals surface area contributed by atoms with Gasteiger partial charge in [0.25, 0.3) is 5.91 Å². The number of hydrogen-bond donors (Lipinski definition) is 1. The lowest BCUT2D eigenvalue weighted by atomic mass is 10.2. The maximum absolute atomic E-state index is 13.2. The van der Waals surface area contributed by atoms with Crippen LogP contribution in [0.1, 0.15) is 0 Å². The molecule has 1 N–H and O–H groups in total. The molecule has 0 fully saturated rings. The number of benzene rings is 2. The molecule has 0 bridgehead atoms. The molecular formula is C17H13ClFNO5. The van der Waals surface area contributed by atoms with E-state index < -0.39 is 30.4 Å². The summed E-state index contributed by atoms with van der Waals surface area (Å²) < 4.78 is 28.9. The van der Waals surface area contributed by atoms with Gasteiger partial charge in [-0.15, -0.1) is 0 Å². The highest BCUT2D eigenvalue weighted by Gasteiger charge is 2.29. The zero-order chi connectivity index (χ0) is 17.8. The van der Waals surface area contributed by atoms with Gasteiger partial charge in [-0.3, -0.25) is 4.79 Å². The van der Waals surface area contributed by atoms with Gasteiger partial charge in [-0.2, -0.15) is 0 Å². The normalized spacial score (nSPS) is 15.4. The minimum Gasteiger partial charge on any atom is -0.485 e.